The molecule has 100 valence electrons. The number of nitro groups is 1. The molecule has 0 atom stereocenters. The SMILES string of the molecule is N#Cc1cn[nH]c1NC(=O)c1cc(F)cc([N+](=O)[O-])c1. The summed E-state index contributed by atoms with van der Waals surface area (Å²) in [5, 5.41) is 27.6. The molecule has 0 saturated heterocycles. The Morgan fingerprint density at radius 1 is 1.50 bits per heavy atom. The average molecular weight is 275 g/mol. The molecule has 8 nitrogen and oxygen atoms in total. The number of rotatable bonds is 3. The number of hydrogen-bond acceptors (Lipinski definition) is 5. The van der Waals surface area contributed by atoms with Crippen LogP contribution in [-0.4, -0.2) is 21.0 Å². The summed E-state index contributed by atoms with van der Waals surface area (Å²) in [5.41, 5.74) is -0.695. The Hall–Kier alpha value is -3.28. The number of anilines is 1. The average Bonchev–Trinajstić information content (AvgIpc) is 2.85. The lowest BCUT2D eigenvalue weighted by Crippen LogP contribution is -2.13. The fourth-order valence-electron chi connectivity index (χ4n) is 1.46. The van der Waals surface area contributed by atoms with Gasteiger partial charge in [0.05, 0.1) is 17.2 Å². The van der Waals surface area contributed by atoms with E-state index in [2.05, 4.69) is 15.5 Å². The van der Waals surface area contributed by atoms with Crippen LogP contribution in [0.4, 0.5) is 15.9 Å². The van der Waals surface area contributed by atoms with Gasteiger partial charge in [0, 0.05) is 11.6 Å². The Kier molecular flexibility index (Phi) is 3.39. The van der Waals surface area contributed by atoms with Crippen LogP contribution < -0.4 is 5.32 Å². The minimum absolute atomic E-state index is 0.0319. The molecule has 0 aliphatic rings. The van der Waals surface area contributed by atoms with Gasteiger partial charge in [-0.05, 0) is 6.07 Å². The third-order valence-corrected chi connectivity index (χ3v) is 2.35. The van der Waals surface area contributed by atoms with E-state index in [1.54, 1.807) is 6.07 Å². The molecule has 0 bridgehead atoms. The molecule has 0 saturated carbocycles. The second kappa shape index (κ2) is 5.15. The number of benzene rings is 1. The van der Waals surface area contributed by atoms with Crippen molar-refractivity contribution < 1.29 is 14.1 Å². The van der Waals surface area contributed by atoms with E-state index in [1.807, 2.05) is 0 Å². The first kappa shape index (κ1) is 13.2. The maximum absolute atomic E-state index is 13.2. The normalized spacial score (nSPS) is 9.80. The monoisotopic (exact) mass is 275 g/mol. The van der Waals surface area contributed by atoms with Crippen molar-refractivity contribution in [1.29, 1.82) is 5.26 Å². The molecule has 9 heteroatoms. The van der Waals surface area contributed by atoms with Crippen LogP contribution in [0.5, 0.6) is 0 Å². The number of hydrogen-bond donors (Lipinski definition) is 2. The Morgan fingerprint density at radius 2 is 2.25 bits per heavy atom. The maximum Gasteiger partial charge on any atom is 0.273 e. The number of nitrogens with zero attached hydrogens (tertiary/aromatic N) is 3. The van der Waals surface area contributed by atoms with Gasteiger partial charge < -0.3 is 5.32 Å². The van der Waals surface area contributed by atoms with Crippen LogP contribution in [0.15, 0.2) is 24.4 Å². The van der Waals surface area contributed by atoms with Crippen LogP contribution in [0, 0.1) is 27.3 Å². The number of carbonyl (C=O) groups is 1. The lowest BCUT2D eigenvalue weighted by atomic mass is 10.2. The third-order valence-electron chi connectivity index (χ3n) is 2.35. The first-order chi connectivity index (χ1) is 9.51. The quantitative estimate of drug-likeness (QED) is 0.649. The fourth-order valence-corrected chi connectivity index (χ4v) is 1.46. The lowest BCUT2D eigenvalue weighted by Gasteiger charge is -2.03. The topological polar surface area (TPSA) is 125 Å². The van der Waals surface area contributed by atoms with E-state index in [0.717, 1.165) is 12.1 Å². The van der Waals surface area contributed by atoms with E-state index in [1.165, 1.54) is 6.20 Å². The van der Waals surface area contributed by atoms with Crippen molar-refractivity contribution in [2.45, 2.75) is 0 Å². The number of nitrogens with one attached hydrogen (secondary N) is 2. The summed E-state index contributed by atoms with van der Waals surface area (Å²) in [7, 11) is 0. The van der Waals surface area contributed by atoms with Gasteiger partial charge in [0.1, 0.15) is 23.3 Å². The second-order valence-corrected chi connectivity index (χ2v) is 3.68. The minimum atomic E-state index is -0.908. The summed E-state index contributed by atoms with van der Waals surface area (Å²) in [6, 6.07) is 4.27. The van der Waals surface area contributed by atoms with Crippen LogP contribution in [0.2, 0.25) is 0 Å². The van der Waals surface area contributed by atoms with Crippen molar-refractivity contribution in [3.8, 4) is 6.07 Å². The van der Waals surface area contributed by atoms with Crippen LogP contribution in [-0.2, 0) is 0 Å². The number of aromatic amines is 1. The summed E-state index contributed by atoms with van der Waals surface area (Å²) in [6.07, 6.45) is 1.20. The van der Waals surface area contributed by atoms with Crippen molar-refractivity contribution in [1.82, 2.24) is 10.2 Å². The molecule has 2 aromatic rings. The summed E-state index contributed by atoms with van der Waals surface area (Å²) in [6.45, 7) is 0. The van der Waals surface area contributed by atoms with E-state index in [-0.39, 0.29) is 16.9 Å². The summed E-state index contributed by atoms with van der Waals surface area (Å²) < 4.78 is 13.2. The smallest absolute Gasteiger partial charge is 0.273 e. The van der Waals surface area contributed by atoms with Gasteiger partial charge in [-0.3, -0.25) is 20.0 Å². The van der Waals surface area contributed by atoms with Crippen molar-refractivity contribution >= 4 is 17.4 Å². The lowest BCUT2D eigenvalue weighted by molar-refractivity contribution is -0.385. The first-order valence-corrected chi connectivity index (χ1v) is 5.21. The maximum atomic E-state index is 13.2. The Morgan fingerprint density at radius 3 is 2.90 bits per heavy atom. The molecule has 0 radical (unpaired) electrons. The molecule has 0 unspecified atom stereocenters. The van der Waals surface area contributed by atoms with Crippen molar-refractivity contribution in [3.05, 3.63) is 51.5 Å². The molecule has 0 spiro atoms. The highest BCUT2D eigenvalue weighted by molar-refractivity contribution is 6.04. The van der Waals surface area contributed by atoms with E-state index >= 15 is 0 Å². The molecule has 0 fully saturated rings. The Bertz CT molecular complexity index is 734. The summed E-state index contributed by atoms with van der Waals surface area (Å²) >= 11 is 0. The first-order valence-electron chi connectivity index (χ1n) is 5.21. The largest absolute Gasteiger partial charge is 0.306 e. The fraction of sp³-hybridized carbons (Fsp3) is 0. The van der Waals surface area contributed by atoms with Crippen molar-refractivity contribution in [3.63, 3.8) is 0 Å². The molecule has 0 aliphatic carbocycles. The number of amides is 1. The zero-order chi connectivity index (χ0) is 14.7. The van der Waals surface area contributed by atoms with Crippen LogP contribution >= 0.6 is 0 Å². The molecule has 0 aliphatic heterocycles. The Labute approximate surface area is 111 Å². The molecule has 1 aromatic carbocycles. The van der Waals surface area contributed by atoms with E-state index in [0.29, 0.717) is 6.07 Å². The van der Waals surface area contributed by atoms with E-state index < -0.39 is 22.3 Å². The second-order valence-electron chi connectivity index (χ2n) is 3.68. The highest BCUT2D eigenvalue weighted by atomic mass is 19.1. The zero-order valence-corrected chi connectivity index (χ0v) is 9.75. The number of carbonyl (C=O) groups excluding carboxylic acids is 1. The Balaban J connectivity index is 2.30. The van der Waals surface area contributed by atoms with Crippen LogP contribution in [0.1, 0.15) is 15.9 Å². The standard InChI is InChI=1S/C11H6FN5O3/c12-8-1-6(2-9(3-8)17(19)20)11(18)15-10-7(4-13)5-14-16-10/h1-3,5H,(H2,14,15,16,18). The molecular formula is C11H6FN5O3. The summed E-state index contributed by atoms with van der Waals surface area (Å²) in [5.74, 6) is -1.67. The predicted octanol–water partition coefficient (Wildman–Crippen LogP) is 1.58. The molecular weight excluding hydrogens is 269 g/mol. The van der Waals surface area contributed by atoms with Gasteiger partial charge in [-0.1, -0.05) is 0 Å². The van der Waals surface area contributed by atoms with Crippen molar-refractivity contribution in [2.75, 3.05) is 5.32 Å². The van der Waals surface area contributed by atoms with Gasteiger partial charge in [-0.2, -0.15) is 10.4 Å². The third kappa shape index (κ3) is 2.59. The number of halogens is 1. The van der Waals surface area contributed by atoms with Gasteiger partial charge in [0.15, 0.2) is 0 Å². The molecule has 1 heterocycles. The number of nitriles is 1. The van der Waals surface area contributed by atoms with E-state index in [4.69, 9.17) is 5.26 Å². The van der Waals surface area contributed by atoms with E-state index in [9.17, 15) is 19.3 Å². The minimum Gasteiger partial charge on any atom is -0.306 e. The molecule has 1 aromatic heterocycles. The van der Waals surface area contributed by atoms with Crippen LogP contribution in [0.25, 0.3) is 0 Å². The highest BCUT2D eigenvalue weighted by Gasteiger charge is 2.16. The van der Waals surface area contributed by atoms with Gasteiger partial charge in [-0.25, -0.2) is 4.39 Å². The highest BCUT2D eigenvalue weighted by Crippen LogP contribution is 2.18. The molecule has 2 rings (SSSR count). The number of aromatic nitrogens is 2. The van der Waals surface area contributed by atoms with Gasteiger partial charge >= 0.3 is 0 Å². The van der Waals surface area contributed by atoms with Gasteiger partial charge in [-0.15, -0.1) is 0 Å². The van der Waals surface area contributed by atoms with Gasteiger partial charge in [0.25, 0.3) is 11.6 Å². The summed E-state index contributed by atoms with van der Waals surface area (Å²) in [4.78, 5) is 21.6. The molecule has 20 heavy (non-hydrogen) atoms. The van der Waals surface area contributed by atoms with Crippen molar-refractivity contribution in [2.24, 2.45) is 0 Å². The molecule has 2 N–H and O–H groups in total. The number of H-pyrrole nitrogens is 1. The zero-order valence-electron chi connectivity index (χ0n) is 9.75. The van der Waals surface area contributed by atoms with Crippen LogP contribution in [0.3, 0.4) is 0 Å². The van der Waals surface area contributed by atoms with Gasteiger partial charge in [0.2, 0.25) is 0 Å². The predicted molar refractivity (Wildman–Crippen MR) is 64.3 cm³/mol. The number of nitro benzene ring substituents is 1. The number of non-ortho nitro benzene ring substituents is 1. The molecule has 1 amide bonds.